The largest absolute Gasteiger partial charge is 0.381 e. The third kappa shape index (κ3) is 3.93. The molecule has 0 saturated carbocycles. The van der Waals surface area contributed by atoms with E-state index in [2.05, 4.69) is 17.1 Å². The van der Waals surface area contributed by atoms with Gasteiger partial charge in [0, 0.05) is 30.8 Å². The molecule has 3 rings (SSSR count). The summed E-state index contributed by atoms with van der Waals surface area (Å²) in [6, 6.07) is 7.86. The summed E-state index contributed by atoms with van der Waals surface area (Å²) in [5, 5.41) is 3.96. The molecule has 1 amide bonds. The van der Waals surface area contributed by atoms with Crippen LogP contribution in [0.2, 0.25) is 5.02 Å². The monoisotopic (exact) mass is 350 g/mol. The molecule has 0 radical (unpaired) electrons. The highest BCUT2D eigenvalue weighted by Gasteiger charge is 2.42. The molecule has 0 bridgehead atoms. The Morgan fingerprint density at radius 1 is 1.25 bits per heavy atom. The van der Waals surface area contributed by atoms with Crippen molar-refractivity contribution < 1.29 is 9.53 Å². The molecule has 2 fully saturated rings. The molecule has 132 valence electrons. The number of rotatable bonds is 5. The molecule has 0 aromatic heterocycles. The number of ether oxygens (including phenoxy) is 1. The van der Waals surface area contributed by atoms with Crippen LogP contribution in [0.5, 0.6) is 0 Å². The van der Waals surface area contributed by atoms with Crippen LogP contribution in [0.1, 0.15) is 38.2 Å². The zero-order chi connectivity index (χ0) is 17.0. The summed E-state index contributed by atoms with van der Waals surface area (Å²) in [6.07, 6.45) is 3.98. The third-order valence-electron chi connectivity index (χ3n) is 5.29. The van der Waals surface area contributed by atoms with E-state index in [1.165, 1.54) is 12.8 Å². The standard InChI is InChI=1S/C19H27ClN2O2/c1-15(14-22-10-2-3-11-22)21-18(23)19(8-12-24-13-9-19)16-4-6-17(20)7-5-16/h4-7,15H,2-3,8-14H2,1H3,(H,21,23)/t15-/m1/s1. The predicted molar refractivity (Wildman–Crippen MR) is 96.5 cm³/mol. The average Bonchev–Trinajstić information content (AvgIpc) is 3.08. The number of halogens is 1. The van der Waals surface area contributed by atoms with E-state index >= 15 is 0 Å². The van der Waals surface area contributed by atoms with Crippen LogP contribution in [0.25, 0.3) is 0 Å². The fourth-order valence-electron chi connectivity index (χ4n) is 3.90. The number of likely N-dealkylation sites (tertiary alicyclic amines) is 1. The molecule has 1 aromatic carbocycles. The Morgan fingerprint density at radius 3 is 2.50 bits per heavy atom. The lowest BCUT2D eigenvalue weighted by atomic mass is 9.73. The number of nitrogens with zero attached hydrogens (tertiary/aromatic N) is 1. The number of carbonyl (C=O) groups excluding carboxylic acids is 1. The number of amides is 1. The molecular weight excluding hydrogens is 324 g/mol. The highest BCUT2D eigenvalue weighted by molar-refractivity contribution is 6.30. The third-order valence-corrected chi connectivity index (χ3v) is 5.54. The molecule has 2 heterocycles. The Morgan fingerprint density at radius 2 is 1.88 bits per heavy atom. The highest BCUT2D eigenvalue weighted by atomic mass is 35.5. The van der Waals surface area contributed by atoms with Gasteiger partial charge in [-0.2, -0.15) is 0 Å². The molecule has 4 nitrogen and oxygen atoms in total. The van der Waals surface area contributed by atoms with Crippen molar-refractivity contribution in [1.82, 2.24) is 10.2 Å². The molecule has 1 aromatic rings. The molecule has 24 heavy (non-hydrogen) atoms. The first kappa shape index (κ1) is 17.7. The topological polar surface area (TPSA) is 41.6 Å². The lowest BCUT2D eigenvalue weighted by Gasteiger charge is -2.37. The summed E-state index contributed by atoms with van der Waals surface area (Å²) in [4.78, 5) is 15.6. The van der Waals surface area contributed by atoms with Gasteiger partial charge in [-0.1, -0.05) is 23.7 Å². The van der Waals surface area contributed by atoms with Crippen LogP contribution in [-0.4, -0.2) is 49.7 Å². The Balaban J connectivity index is 1.72. The predicted octanol–water partition coefficient (Wildman–Crippen LogP) is 2.99. The molecule has 2 aliphatic heterocycles. The van der Waals surface area contributed by atoms with Gasteiger partial charge < -0.3 is 15.0 Å². The van der Waals surface area contributed by atoms with Gasteiger partial charge in [0.2, 0.25) is 5.91 Å². The summed E-state index contributed by atoms with van der Waals surface area (Å²) >= 11 is 6.02. The summed E-state index contributed by atoms with van der Waals surface area (Å²) in [6.45, 7) is 6.57. The first-order valence-corrected chi connectivity index (χ1v) is 9.35. The van der Waals surface area contributed by atoms with Gasteiger partial charge >= 0.3 is 0 Å². The quantitative estimate of drug-likeness (QED) is 0.887. The van der Waals surface area contributed by atoms with E-state index in [-0.39, 0.29) is 11.9 Å². The Hall–Kier alpha value is -1.10. The molecule has 2 aliphatic rings. The second kappa shape index (κ2) is 7.85. The summed E-state index contributed by atoms with van der Waals surface area (Å²) in [7, 11) is 0. The normalized spacial score (nSPS) is 22.2. The maximum atomic E-state index is 13.2. The number of carbonyl (C=O) groups is 1. The van der Waals surface area contributed by atoms with Crippen molar-refractivity contribution in [3.05, 3.63) is 34.9 Å². The van der Waals surface area contributed by atoms with Gasteiger partial charge in [-0.05, 0) is 63.4 Å². The van der Waals surface area contributed by atoms with E-state index in [4.69, 9.17) is 16.3 Å². The van der Waals surface area contributed by atoms with E-state index in [9.17, 15) is 4.79 Å². The first-order valence-electron chi connectivity index (χ1n) is 8.97. The molecule has 0 unspecified atom stereocenters. The summed E-state index contributed by atoms with van der Waals surface area (Å²) < 4.78 is 5.52. The molecule has 2 saturated heterocycles. The summed E-state index contributed by atoms with van der Waals surface area (Å²) in [5.74, 6) is 0.125. The smallest absolute Gasteiger partial charge is 0.231 e. The molecule has 1 atom stereocenters. The van der Waals surface area contributed by atoms with E-state index in [0.717, 1.165) is 38.0 Å². The van der Waals surface area contributed by atoms with Crippen LogP contribution in [0.15, 0.2) is 24.3 Å². The van der Waals surface area contributed by atoms with E-state index in [1.807, 2.05) is 24.3 Å². The van der Waals surface area contributed by atoms with Gasteiger partial charge in [0.15, 0.2) is 0 Å². The Labute approximate surface area is 149 Å². The second-order valence-corrected chi connectivity index (χ2v) is 7.52. The van der Waals surface area contributed by atoms with Crippen molar-refractivity contribution in [2.24, 2.45) is 0 Å². The van der Waals surface area contributed by atoms with Crippen LogP contribution in [-0.2, 0) is 14.9 Å². The fourth-order valence-corrected chi connectivity index (χ4v) is 4.02. The van der Waals surface area contributed by atoms with Crippen LogP contribution >= 0.6 is 11.6 Å². The number of hydrogen-bond acceptors (Lipinski definition) is 3. The number of hydrogen-bond donors (Lipinski definition) is 1. The molecule has 1 N–H and O–H groups in total. The zero-order valence-corrected chi connectivity index (χ0v) is 15.1. The lowest BCUT2D eigenvalue weighted by Crippen LogP contribution is -2.52. The van der Waals surface area contributed by atoms with E-state index in [0.29, 0.717) is 18.2 Å². The fraction of sp³-hybridized carbons (Fsp3) is 0.632. The first-order chi connectivity index (χ1) is 11.6. The maximum Gasteiger partial charge on any atom is 0.231 e. The van der Waals surface area contributed by atoms with Gasteiger partial charge in [0.05, 0.1) is 5.41 Å². The van der Waals surface area contributed by atoms with Crippen molar-refractivity contribution in [2.75, 3.05) is 32.8 Å². The van der Waals surface area contributed by atoms with Gasteiger partial charge in [0.25, 0.3) is 0 Å². The highest BCUT2D eigenvalue weighted by Crippen LogP contribution is 2.36. The van der Waals surface area contributed by atoms with Crippen molar-refractivity contribution >= 4 is 17.5 Å². The van der Waals surface area contributed by atoms with Crippen molar-refractivity contribution in [3.63, 3.8) is 0 Å². The average molecular weight is 351 g/mol. The van der Waals surface area contributed by atoms with E-state index in [1.54, 1.807) is 0 Å². The Bertz CT molecular complexity index is 549. The maximum absolute atomic E-state index is 13.2. The van der Waals surface area contributed by atoms with Crippen LogP contribution in [0.3, 0.4) is 0 Å². The van der Waals surface area contributed by atoms with Crippen LogP contribution in [0, 0.1) is 0 Å². The minimum absolute atomic E-state index is 0.125. The minimum Gasteiger partial charge on any atom is -0.381 e. The van der Waals surface area contributed by atoms with Gasteiger partial charge in [0.1, 0.15) is 0 Å². The van der Waals surface area contributed by atoms with Crippen molar-refractivity contribution in [1.29, 1.82) is 0 Å². The molecule has 5 heteroatoms. The SMILES string of the molecule is C[C@H](CN1CCCC1)NC(=O)C1(c2ccc(Cl)cc2)CCOCC1. The lowest BCUT2D eigenvalue weighted by molar-refractivity contribution is -0.131. The Kier molecular flexibility index (Phi) is 5.80. The summed E-state index contributed by atoms with van der Waals surface area (Å²) in [5.41, 5.74) is 0.545. The molecule has 0 spiro atoms. The number of benzene rings is 1. The van der Waals surface area contributed by atoms with Crippen molar-refractivity contribution in [3.8, 4) is 0 Å². The number of nitrogens with one attached hydrogen (secondary N) is 1. The van der Waals surface area contributed by atoms with Gasteiger partial charge in [-0.25, -0.2) is 0 Å². The van der Waals surface area contributed by atoms with Gasteiger partial charge in [-0.15, -0.1) is 0 Å². The minimum atomic E-state index is -0.498. The molecular formula is C19H27ClN2O2. The van der Waals surface area contributed by atoms with Gasteiger partial charge in [-0.3, -0.25) is 4.79 Å². The van der Waals surface area contributed by atoms with Crippen LogP contribution in [0.4, 0.5) is 0 Å². The van der Waals surface area contributed by atoms with Crippen LogP contribution < -0.4 is 5.32 Å². The van der Waals surface area contributed by atoms with Crippen molar-refractivity contribution in [2.45, 2.75) is 44.1 Å². The second-order valence-electron chi connectivity index (χ2n) is 7.08. The zero-order valence-electron chi connectivity index (χ0n) is 14.4. The van der Waals surface area contributed by atoms with E-state index < -0.39 is 5.41 Å². The molecule has 0 aliphatic carbocycles.